The lowest BCUT2D eigenvalue weighted by molar-refractivity contribution is 0.792. The zero-order chi connectivity index (χ0) is 15.6. The molecule has 3 heterocycles. The van der Waals surface area contributed by atoms with E-state index in [1.54, 1.807) is 6.33 Å². The summed E-state index contributed by atoms with van der Waals surface area (Å²) in [6.07, 6.45) is 7.35. The summed E-state index contributed by atoms with van der Waals surface area (Å²) in [5.74, 6) is 1.77. The number of rotatable bonds is 3. The molecule has 1 saturated carbocycles. The van der Waals surface area contributed by atoms with Crippen molar-refractivity contribution in [3.63, 3.8) is 0 Å². The van der Waals surface area contributed by atoms with Crippen LogP contribution in [0.4, 0.5) is 11.5 Å². The number of aryl methyl sites for hydroxylation is 1. The van der Waals surface area contributed by atoms with E-state index < -0.39 is 0 Å². The molecule has 0 amide bonds. The molecule has 5 nitrogen and oxygen atoms in total. The summed E-state index contributed by atoms with van der Waals surface area (Å²) in [5.41, 5.74) is 3.58. The molecule has 1 aliphatic carbocycles. The van der Waals surface area contributed by atoms with Gasteiger partial charge in [-0.3, -0.25) is 4.98 Å². The lowest BCUT2D eigenvalue weighted by Crippen LogP contribution is -2.31. The normalized spacial score (nSPS) is 18.8. The van der Waals surface area contributed by atoms with Crippen LogP contribution in [0.2, 0.25) is 0 Å². The van der Waals surface area contributed by atoms with E-state index in [0.29, 0.717) is 5.92 Å². The Bertz CT molecular complexity index is 683. The van der Waals surface area contributed by atoms with Crippen molar-refractivity contribution in [3.8, 4) is 0 Å². The van der Waals surface area contributed by atoms with Crippen molar-refractivity contribution in [2.24, 2.45) is 0 Å². The lowest BCUT2D eigenvalue weighted by Gasteiger charge is -2.24. The zero-order valence-electron chi connectivity index (χ0n) is 13.6. The summed E-state index contributed by atoms with van der Waals surface area (Å²) in [7, 11) is 0. The molecule has 0 radical (unpaired) electrons. The SMILES string of the molecule is Cc1cc(N2CCCN(c3cc(C4CC4)ncn3)CC2)ccn1. The quantitative estimate of drug-likeness (QED) is 0.872. The highest BCUT2D eigenvalue weighted by Crippen LogP contribution is 2.39. The molecule has 4 rings (SSSR count). The van der Waals surface area contributed by atoms with Gasteiger partial charge in [0.2, 0.25) is 0 Å². The highest BCUT2D eigenvalue weighted by Gasteiger charge is 2.26. The molecule has 2 fully saturated rings. The molecule has 2 aromatic rings. The highest BCUT2D eigenvalue weighted by atomic mass is 15.2. The van der Waals surface area contributed by atoms with E-state index in [-0.39, 0.29) is 0 Å². The Morgan fingerprint density at radius 3 is 2.61 bits per heavy atom. The van der Waals surface area contributed by atoms with Gasteiger partial charge in [0, 0.05) is 61.4 Å². The van der Waals surface area contributed by atoms with Crippen LogP contribution in [0.3, 0.4) is 0 Å². The van der Waals surface area contributed by atoms with Crippen molar-refractivity contribution < 1.29 is 0 Å². The summed E-state index contributed by atoms with van der Waals surface area (Å²) in [4.78, 5) is 18.1. The van der Waals surface area contributed by atoms with E-state index in [2.05, 4.69) is 43.0 Å². The number of pyridine rings is 1. The largest absolute Gasteiger partial charge is 0.370 e. The van der Waals surface area contributed by atoms with E-state index in [4.69, 9.17) is 0 Å². The molecular weight excluding hydrogens is 286 g/mol. The molecule has 2 aromatic heterocycles. The molecule has 0 atom stereocenters. The summed E-state index contributed by atoms with van der Waals surface area (Å²) in [6.45, 7) is 6.21. The van der Waals surface area contributed by atoms with Crippen LogP contribution >= 0.6 is 0 Å². The lowest BCUT2D eigenvalue weighted by atomic mass is 10.2. The highest BCUT2D eigenvalue weighted by molar-refractivity contribution is 5.48. The zero-order valence-corrected chi connectivity index (χ0v) is 13.6. The van der Waals surface area contributed by atoms with E-state index >= 15 is 0 Å². The van der Waals surface area contributed by atoms with Gasteiger partial charge >= 0.3 is 0 Å². The van der Waals surface area contributed by atoms with Gasteiger partial charge in [-0.05, 0) is 38.3 Å². The molecule has 5 heteroatoms. The first kappa shape index (κ1) is 14.4. The van der Waals surface area contributed by atoms with Gasteiger partial charge in [0.25, 0.3) is 0 Å². The first-order chi connectivity index (χ1) is 11.3. The Morgan fingerprint density at radius 1 is 0.957 bits per heavy atom. The van der Waals surface area contributed by atoms with Crippen LogP contribution in [0.1, 0.15) is 36.6 Å². The van der Waals surface area contributed by atoms with Gasteiger partial charge in [-0.25, -0.2) is 9.97 Å². The van der Waals surface area contributed by atoms with Crippen molar-refractivity contribution in [2.75, 3.05) is 36.0 Å². The standard InChI is InChI=1S/C18H23N5/c1-14-11-16(5-6-19-14)22-7-2-8-23(10-9-22)18-12-17(15-3-4-15)20-13-21-18/h5-6,11-13,15H,2-4,7-10H2,1H3. The maximum absolute atomic E-state index is 4.51. The van der Waals surface area contributed by atoms with Gasteiger partial charge in [0.05, 0.1) is 0 Å². The monoisotopic (exact) mass is 309 g/mol. The van der Waals surface area contributed by atoms with Crippen molar-refractivity contribution in [1.29, 1.82) is 0 Å². The molecule has 0 unspecified atom stereocenters. The van der Waals surface area contributed by atoms with Gasteiger partial charge in [0.1, 0.15) is 12.1 Å². The van der Waals surface area contributed by atoms with Gasteiger partial charge in [-0.2, -0.15) is 0 Å². The second kappa shape index (κ2) is 6.14. The van der Waals surface area contributed by atoms with Gasteiger partial charge in [-0.1, -0.05) is 0 Å². The average molecular weight is 309 g/mol. The Labute approximate surface area is 137 Å². The molecule has 120 valence electrons. The van der Waals surface area contributed by atoms with Crippen LogP contribution in [0.15, 0.2) is 30.7 Å². The number of aromatic nitrogens is 3. The molecule has 1 saturated heterocycles. The third-order valence-corrected chi connectivity index (χ3v) is 4.73. The summed E-state index contributed by atoms with van der Waals surface area (Å²) in [5, 5.41) is 0. The Balaban J connectivity index is 1.47. The van der Waals surface area contributed by atoms with Crippen LogP contribution in [0.5, 0.6) is 0 Å². The predicted octanol–water partition coefficient (Wildman–Crippen LogP) is 2.77. The van der Waals surface area contributed by atoms with Crippen molar-refractivity contribution in [2.45, 2.75) is 32.1 Å². The number of anilines is 2. The van der Waals surface area contributed by atoms with Crippen LogP contribution in [-0.4, -0.2) is 41.1 Å². The van der Waals surface area contributed by atoms with Gasteiger partial charge < -0.3 is 9.80 Å². The molecule has 1 aliphatic heterocycles. The molecule has 0 spiro atoms. The fourth-order valence-electron chi connectivity index (χ4n) is 3.27. The first-order valence-electron chi connectivity index (χ1n) is 8.54. The smallest absolute Gasteiger partial charge is 0.132 e. The van der Waals surface area contributed by atoms with Crippen molar-refractivity contribution in [3.05, 3.63) is 42.1 Å². The maximum Gasteiger partial charge on any atom is 0.132 e. The molecule has 2 aliphatic rings. The number of hydrogen-bond donors (Lipinski definition) is 0. The Hall–Kier alpha value is -2.17. The molecule has 0 bridgehead atoms. The molecule has 0 aromatic carbocycles. The fraction of sp³-hybridized carbons (Fsp3) is 0.500. The number of hydrogen-bond acceptors (Lipinski definition) is 5. The summed E-state index contributed by atoms with van der Waals surface area (Å²) in [6, 6.07) is 6.48. The van der Waals surface area contributed by atoms with Crippen molar-refractivity contribution in [1.82, 2.24) is 15.0 Å². The Kier molecular flexibility index (Phi) is 3.85. The Morgan fingerprint density at radius 2 is 1.78 bits per heavy atom. The third-order valence-electron chi connectivity index (χ3n) is 4.73. The molecule has 23 heavy (non-hydrogen) atoms. The molecule has 0 N–H and O–H groups in total. The van der Waals surface area contributed by atoms with Crippen LogP contribution < -0.4 is 9.80 Å². The molecular formula is C18H23N5. The predicted molar refractivity (Wildman–Crippen MR) is 92.0 cm³/mol. The second-order valence-corrected chi connectivity index (χ2v) is 6.56. The van der Waals surface area contributed by atoms with E-state index in [9.17, 15) is 0 Å². The van der Waals surface area contributed by atoms with Gasteiger partial charge in [-0.15, -0.1) is 0 Å². The van der Waals surface area contributed by atoms with Crippen LogP contribution in [-0.2, 0) is 0 Å². The van der Waals surface area contributed by atoms with Crippen LogP contribution in [0.25, 0.3) is 0 Å². The summed E-state index contributed by atoms with van der Waals surface area (Å²) < 4.78 is 0. The van der Waals surface area contributed by atoms with E-state index in [1.807, 2.05) is 13.1 Å². The van der Waals surface area contributed by atoms with Crippen LogP contribution in [0, 0.1) is 6.92 Å². The summed E-state index contributed by atoms with van der Waals surface area (Å²) >= 11 is 0. The fourth-order valence-corrected chi connectivity index (χ4v) is 3.27. The minimum Gasteiger partial charge on any atom is -0.370 e. The number of nitrogens with zero attached hydrogens (tertiary/aromatic N) is 5. The third kappa shape index (κ3) is 3.28. The maximum atomic E-state index is 4.51. The van der Waals surface area contributed by atoms with E-state index in [1.165, 1.54) is 24.2 Å². The average Bonchev–Trinajstić information content (AvgIpc) is 3.42. The van der Waals surface area contributed by atoms with Gasteiger partial charge in [0.15, 0.2) is 0 Å². The van der Waals surface area contributed by atoms with Crippen molar-refractivity contribution >= 4 is 11.5 Å². The minimum absolute atomic E-state index is 0.681. The van der Waals surface area contributed by atoms with E-state index in [0.717, 1.165) is 44.1 Å². The second-order valence-electron chi connectivity index (χ2n) is 6.56. The first-order valence-corrected chi connectivity index (χ1v) is 8.54. The minimum atomic E-state index is 0.681. The topological polar surface area (TPSA) is 45.2 Å².